The summed E-state index contributed by atoms with van der Waals surface area (Å²) in [5.74, 6) is 1.46. The van der Waals surface area contributed by atoms with Crippen molar-refractivity contribution in [2.45, 2.75) is 26.2 Å². The second kappa shape index (κ2) is 10.6. The highest BCUT2D eigenvalue weighted by molar-refractivity contribution is 7.13. The summed E-state index contributed by atoms with van der Waals surface area (Å²) in [4.78, 5) is 24.8. The number of rotatable bonds is 11. The van der Waals surface area contributed by atoms with E-state index in [1.165, 1.54) is 0 Å². The summed E-state index contributed by atoms with van der Waals surface area (Å²) in [7, 11) is 8.23. The van der Waals surface area contributed by atoms with Gasteiger partial charge in [-0.25, -0.2) is 4.98 Å². The fourth-order valence-corrected chi connectivity index (χ4v) is 3.52. The lowest BCUT2D eigenvalue weighted by atomic mass is 10.2. The molecular weight excluding hydrogens is 360 g/mol. The van der Waals surface area contributed by atoms with Crippen LogP contribution in [0, 0.1) is 6.92 Å². The molecule has 0 N–H and O–H groups in total. The van der Waals surface area contributed by atoms with Gasteiger partial charge in [0.1, 0.15) is 5.76 Å². The lowest BCUT2D eigenvalue weighted by Gasteiger charge is -2.24. The van der Waals surface area contributed by atoms with E-state index in [4.69, 9.17) is 4.42 Å². The smallest absolute Gasteiger partial charge is 0.236 e. The average molecular weight is 393 g/mol. The SMILES string of the molecule is Cc1oc(-c2cccs2)nc1CC(=O)N(CCCN(C)C)CCCN(C)C. The Balaban J connectivity index is 2.00. The van der Waals surface area contributed by atoms with E-state index in [2.05, 4.69) is 43.0 Å². The van der Waals surface area contributed by atoms with Crippen LogP contribution in [0.25, 0.3) is 10.8 Å². The third-order valence-electron chi connectivity index (χ3n) is 4.36. The zero-order valence-electron chi connectivity index (χ0n) is 17.2. The van der Waals surface area contributed by atoms with Crippen molar-refractivity contribution < 1.29 is 9.21 Å². The molecule has 6 nitrogen and oxygen atoms in total. The Bertz CT molecular complexity index is 681. The van der Waals surface area contributed by atoms with Gasteiger partial charge in [0.05, 0.1) is 17.0 Å². The minimum absolute atomic E-state index is 0.127. The van der Waals surface area contributed by atoms with Crippen LogP contribution in [0.4, 0.5) is 0 Å². The molecule has 2 aromatic heterocycles. The molecule has 0 bridgehead atoms. The molecule has 0 saturated heterocycles. The minimum Gasteiger partial charge on any atom is -0.440 e. The van der Waals surface area contributed by atoms with Gasteiger partial charge in [0, 0.05) is 13.1 Å². The summed E-state index contributed by atoms with van der Waals surface area (Å²) >= 11 is 1.59. The van der Waals surface area contributed by atoms with Crippen molar-refractivity contribution in [3.63, 3.8) is 0 Å². The number of hydrogen-bond acceptors (Lipinski definition) is 6. The number of carbonyl (C=O) groups excluding carboxylic acids is 1. The number of oxazole rings is 1. The molecule has 7 heteroatoms. The molecule has 0 aliphatic carbocycles. The van der Waals surface area contributed by atoms with Crippen LogP contribution in [-0.2, 0) is 11.2 Å². The molecule has 0 radical (unpaired) electrons. The summed E-state index contributed by atoms with van der Waals surface area (Å²) < 4.78 is 5.78. The molecule has 0 saturated carbocycles. The highest BCUT2D eigenvalue weighted by atomic mass is 32.1. The van der Waals surface area contributed by atoms with E-state index in [0.29, 0.717) is 12.3 Å². The van der Waals surface area contributed by atoms with Gasteiger partial charge in [0.2, 0.25) is 11.8 Å². The molecule has 1 amide bonds. The average Bonchev–Trinajstić information content (AvgIpc) is 3.23. The molecule has 27 heavy (non-hydrogen) atoms. The van der Waals surface area contributed by atoms with Gasteiger partial charge in [-0.05, 0) is 72.5 Å². The molecule has 0 unspecified atom stereocenters. The first kappa shape index (κ1) is 21.6. The van der Waals surface area contributed by atoms with Gasteiger partial charge in [-0.15, -0.1) is 11.3 Å². The number of aryl methyl sites for hydroxylation is 1. The number of hydrogen-bond donors (Lipinski definition) is 0. The molecule has 0 spiro atoms. The Kier molecular flexibility index (Phi) is 8.47. The van der Waals surface area contributed by atoms with Crippen LogP contribution in [0.3, 0.4) is 0 Å². The lowest BCUT2D eigenvalue weighted by molar-refractivity contribution is -0.130. The monoisotopic (exact) mass is 392 g/mol. The van der Waals surface area contributed by atoms with Crippen molar-refractivity contribution in [2.24, 2.45) is 0 Å². The molecule has 150 valence electrons. The van der Waals surface area contributed by atoms with Crippen LogP contribution >= 0.6 is 11.3 Å². The van der Waals surface area contributed by atoms with Crippen LogP contribution < -0.4 is 0 Å². The van der Waals surface area contributed by atoms with E-state index in [1.54, 1.807) is 11.3 Å². The first-order chi connectivity index (χ1) is 12.9. The molecule has 2 rings (SSSR count). The van der Waals surface area contributed by atoms with Crippen molar-refractivity contribution in [2.75, 3.05) is 54.4 Å². The highest BCUT2D eigenvalue weighted by Crippen LogP contribution is 2.26. The van der Waals surface area contributed by atoms with Crippen molar-refractivity contribution in [3.8, 4) is 10.8 Å². The van der Waals surface area contributed by atoms with E-state index in [0.717, 1.165) is 55.4 Å². The van der Waals surface area contributed by atoms with Crippen molar-refractivity contribution >= 4 is 17.2 Å². The number of thiophene rings is 1. The molecule has 0 aliphatic heterocycles. The van der Waals surface area contributed by atoms with Crippen molar-refractivity contribution in [1.82, 2.24) is 19.7 Å². The fourth-order valence-electron chi connectivity index (χ4n) is 2.87. The fraction of sp³-hybridized carbons (Fsp3) is 0.600. The normalized spacial score (nSPS) is 11.5. The number of carbonyl (C=O) groups is 1. The number of aromatic nitrogens is 1. The second-order valence-electron chi connectivity index (χ2n) is 7.37. The lowest BCUT2D eigenvalue weighted by Crippen LogP contribution is -2.36. The Labute approximate surface area is 166 Å². The topological polar surface area (TPSA) is 52.8 Å². The first-order valence-corrected chi connectivity index (χ1v) is 10.3. The third-order valence-corrected chi connectivity index (χ3v) is 5.22. The van der Waals surface area contributed by atoms with Crippen LogP contribution in [-0.4, -0.2) is 80.0 Å². The number of amides is 1. The van der Waals surface area contributed by atoms with Gasteiger partial charge < -0.3 is 19.1 Å². The van der Waals surface area contributed by atoms with Crippen molar-refractivity contribution in [1.29, 1.82) is 0 Å². The standard InChI is InChI=1S/C20H32N4O2S/c1-16-17(21-20(26-16)18-9-6-14-27-18)15-19(25)24(12-7-10-22(2)3)13-8-11-23(4)5/h6,9,14H,7-8,10-13,15H2,1-5H3. The van der Waals surface area contributed by atoms with Gasteiger partial charge in [-0.2, -0.15) is 0 Å². The molecular formula is C20H32N4O2S. The Morgan fingerprint density at radius 1 is 1.07 bits per heavy atom. The first-order valence-electron chi connectivity index (χ1n) is 9.44. The summed E-state index contributed by atoms with van der Waals surface area (Å²) in [5, 5.41) is 2.00. The number of nitrogens with zero attached hydrogens (tertiary/aromatic N) is 4. The molecule has 0 fully saturated rings. The Morgan fingerprint density at radius 3 is 2.22 bits per heavy atom. The van der Waals surface area contributed by atoms with Gasteiger partial charge >= 0.3 is 0 Å². The van der Waals surface area contributed by atoms with Crippen molar-refractivity contribution in [3.05, 3.63) is 29.0 Å². The highest BCUT2D eigenvalue weighted by Gasteiger charge is 2.19. The summed E-state index contributed by atoms with van der Waals surface area (Å²) in [6.07, 6.45) is 2.24. The van der Waals surface area contributed by atoms with Crippen LogP contribution in [0.5, 0.6) is 0 Å². The van der Waals surface area contributed by atoms with Gasteiger partial charge in [-0.1, -0.05) is 6.07 Å². The predicted molar refractivity (Wildman–Crippen MR) is 111 cm³/mol. The zero-order valence-corrected chi connectivity index (χ0v) is 18.0. The maximum Gasteiger partial charge on any atom is 0.236 e. The molecule has 2 heterocycles. The zero-order chi connectivity index (χ0) is 19.8. The van der Waals surface area contributed by atoms with Gasteiger partial charge in [-0.3, -0.25) is 4.79 Å². The molecule has 2 aromatic rings. The van der Waals surface area contributed by atoms with E-state index in [9.17, 15) is 4.79 Å². The molecule has 0 aliphatic rings. The van der Waals surface area contributed by atoms with Crippen LogP contribution in [0.2, 0.25) is 0 Å². The van der Waals surface area contributed by atoms with Gasteiger partial charge in [0.15, 0.2) is 0 Å². The summed E-state index contributed by atoms with van der Waals surface area (Å²) in [5.41, 5.74) is 0.744. The summed E-state index contributed by atoms with van der Waals surface area (Å²) in [6, 6.07) is 3.96. The second-order valence-corrected chi connectivity index (χ2v) is 8.32. The maximum absolute atomic E-state index is 12.9. The van der Waals surface area contributed by atoms with E-state index in [1.807, 2.05) is 29.3 Å². The van der Waals surface area contributed by atoms with Gasteiger partial charge in [0.25, 0.3) is 0 Å². The molecule has 0 atom stereocenters. The summed E-state index contributed by atoms with van der Waals surface area (Å²) in [6.45, 7) is 5.39. The predicted octanol–water partition coefficient (Wildman–Crippen LogP) is 2.99. The largest absolute Gasteiger partial charge is 0.440 e. The van der Waals surface area contributed by atoms with E-state index in [-0.39, 0.29) is 5.91 Å². The van der Waals surface area contributed by atoms with E-state index < -0.39 is 0 Å². The molecule has 0 aromatic carbocycles. The quantitative estimate of drug-likeness (QED) is 0.588. The Hall–Kier alpha value is -1.70. The van der Waals surface area contributed by atoms with Crippen LogP contribution in [0.1, 0.15) is 24.3 Å². The van der Waals surface area contributed by atoms with E-state index >= 15 is 0 Å². The third kappa shape index (κ3) is 7.08. The van der Waals surface area contributed by atoms with Crippen LogP contribution in [0.15, 0.2) is 21.9 Å². The maximum atomic E-state index is 12.9. The minimum atomic E-state index is 0.127. The Morgan fingerprint density at radius 2 is 1.70 bits per heavy atom.